The Morgan fingerprint density at radius 3 is 2.62 bits per heavy atom. The van der Waals surface area contributed by atoms with Gasteiger partial charge in [-0.2, -0.15) is 0 Å². The van der Waals surface area contributed by atoms with Gasteiger partial charge in [0.1, 0.15) is 0 Å². The summed E-state index contributed by atoms with van der Waals surface area (Å²) in [4.78, 5) is 4.02. The molecule has 0 saturated heterocycles. The van der Waals surface area contributed by atoms with Crippen LogP contribution in [0.4, 0.5) is 0 Å². The third-order valence-electron chi connectivity index (χ3n) is 2.03. The fraction of sp³-hybridized carbons (Fsp3) is 0.500. The highest BCUT2D eigenvalue weighted by molar-refractivity contribution is 7.90. The van der Waals surface area contributed by atoms with Gasteiger partial charge in [-0.1, -0.05) is 11.6 Å². The minimum absolute atomic E-state index is 0.0125. The van der Waals surface area contributed by atoms with E-state index in [-0.39, 0.29) is 11.1 Å². The van der Waals surface area contributed by atoms with Crippen molar-refractivity contribution in [3.05, 3.63) is 22.8 Å². The first-order valence-electron chi connectivity index (χ1n) is 4.84. The van der Waals surface area contributed by atoms with Crippen LogP contribution in [0.1, 0.15) is 25.6 Å². The van der Waals surface area contributed by atoms with Gasteiger partial charge in [0.05, 0.1) is 16.8 Å². The van der Waals surface area contributed by atoms with Crippen LogP contribution in [0, 0.1) is 0 Å². The van der Waals surface area contributed by atoms with E-state index in [9.17, 15) is 8.42 Å². The van der Waals surface area contributed by atoms with E-state index >= 15 is 0 Å². The number of ether oxygens (including phenoxy) is 1. The first-order valence-corrected chi connectivity index (χ1v) is 7.11. The van der Waals surface area contributed by atoms with Gasteiger partial charge in [-0.15, -0.1) is 0 Å². The number of nitrogens with zero attached hydrogens (tertiary/aromatic N) is 1. The standard InChI is InChI=1S/C10H14ClNO3S/c1-4-15-7(2)10-8(11)5-6-9(12-10)16(3,13)14/h5-7H,4H2,1-3H3. The second-order valence-corrected chi connectivity index (χ2v) is 5.76. The van der Waals surface area contributed by atoms with Crippen molar-refractivity contribution in [2.45, 2.75) is 25.0 Å². The largest absolute Gasteiger partial charge is 0.372 e. The Bertz CT molecular complexity index is 473. The smallest absolute Gasteiger partial charge is 0.192 e. The van der Waals surface area contributed by atoms with Crippen molar-refractivity contribution >= 4 is 21.4 Å². The summed E-state index contributed by atoms with van der Waals surface area (Å²) < 4.78 is 28.0. The predicted octanol–water partition coefficient (Wildman–Crippen LogP) is 2.24. The Hall–Kier alpha value is -0.650. The summed E-state index contributed by atoms with van der Waals surface area (Å²) in [5, 5.41) is 0.423. The molecular weight excluding hydrogens is 250 g/mol. The van der Waals surface area contributed by atoms with Gasteiger partial charge in [0, 0.05) is 12.9 Å². The molecule has 0 amide bonds. The number of rotatable bonds is 4. The van der Waals surface area contributed by atoms with Crippen molar-refractivity contribution in [1.82, 2.24) is 4.98 Å². The highest BCUT2D eigenvalue weighted by Crippen LogP contribution is 2.24. The molecule has 1 aromatic heterocycles. The minimum atomic E-state index is -3.32. The van der Waals surface area contributed by atoms with Crippen molar-refractivity contribution < 1.29 is 13.2 Å². The zero-order valence-corrected chi connectivity index (χ0v) is 11.0. The number of hydrogen-bond acceptors (Lipinski definition) is 4. The lowest BCUT2D eigenvalue weighted by Gasteiger charge is -2.13. The molecule has 0 aliphatic carbocycles. The van der Waals surface area contributed by atoms with Gasteiger partial charge in [-0.3, -0.25) is 0 Å². The number of sulfone groups is 1. The highest BCUT2D eigenvalue weighted by atomic mass is 35.5. The maximum atomic E-state index is 11.3. The fourth-order valence-electron chi connectivity index (χ4n) is 1.26. The number of aromatic nitrogens is 1. The summed E-state index contributed by atoms with van der Waals surface area (Å²) in [7, 11) is -3.32. The molecule has 0 aliphatic rings. The molecule has 0 N–H and O–H groups in total. The van der Waals surface area contributed by atoms with Gasteiger partial charge in [0.25, 0.3) is 0 Å². The summed E-state index contributed by atoms with van der Waals surface area (Å²) in [5.41, 5.74) is 0.450. The first-order chi connectivity index (χ1) is 7.36. The highest BCUT2D eigenvalue weighted by Gasteiger charge is 2.16. The van der Waals surface area contributed by atoms with Crippen LogP contribution >= 0.6 is 11.6 Å². The molecule has 0 aromatic carbocycles. The van der Waals surface area contributed by atoms with E-state index in [4.69, 9.17) is 16.3 Å². The lowest BCUT2D eigenvalue weighted by molar-refractivity contribution is 0.0730. The van der Waals surface area contributed by atoms with Crippen LogP contribution in [0.2, 0.25) is 5.02 Å². The second kappa shape index (κ2) is 5.12. The van der Waals surface area contributed by atoms with Crippen LogP contribution in [0.15, 0.2) is 17.2 Å². The number of halogens is 1. The molecule has 1 rings (SSSR count). The Balaban J connectivity index is 3.19. The molecule has 1 aromatic rings. The quantitative estimate of drug-likeness (QED) is 0.836. The van der Waals surface area contributed by atoms with Gasteiger partial charge in [-0.25, -0.2) is 13.4 Å². The van der Waals surface area contributed by atoms with Gasteiger partial charge < -0.3 is 4.74 Å². The van der Waals surface area contributed by atoms with E-state index in [1.807, 2.05) is 6.92 Å². The fourth-order valence-corrected chi connectivity index (χ4v) is 2.10. The summed E-state index contributed by atoms with van der Waals surface area (Å²) in [6, 6.07) is 2.91. The molecule has 0 bridgehead atoms. The Kier molecular flexibility index (Phi) is 4.29. The molecule has 1 atom stereocenters. The van der Waals surface area contributed by atoms with Crippen LogP contribution in [0.3, 0.4) is 0 Å². The third kappa shape index (κ3) is 3.17. The normalized spacial score (nSPS) is 13.8. The zero-order chi connectivity index (χ0) is 12.3. The summed E-state index contributed by atoms with van der Waals surface area (Å²) in [6.07, 6.45) is 0.789. The average Bonchev–Trinajstić information content (AvgIpc) is 2.16. The van der Waals surface area contributed by atoms with Crippen LogP contribution in [0.25, 0.3) is 0 Å². The van der Waals surface area contributed by atoms with Crippen molar-refractivity contribution in [2.75, 3.05) is 12.9 Å². The molecule has 0 aliphatic heterocycles. The predicted molar refractivity (Wildman–Crippen MR) is 62.4 cm³/mol. The second-order valence-electron chi connectivity index (χ2n) is 3.39. The molecule has 0 saturated carbocycles. The van der Waals surface area contributed by atoms with Crippen LogP contribution < -0.4 is 0 Å². The van der Waals surface area contributed by atoms with Crippen LogP contribution in [-0.2, 0) is 14.6 Å². The Morgan fingerprint density at radius 1 is 1.50 bits per heavy atom. The van der Waals surface area contributed by atoms with Gasteiger partial charge >= 0.3 is 0 Å². The molecule has 1 unspecified atom stereocenters. The summed E-state index contributed by atoms with van der Waals surface area (Å²) >= 11 is 5.94. The molecule has 16 heavy (non-hydrogen) atoms. The Labute approximate surface area is 101 Å². The molecular formula is C10H14ClNO3S. The van der Waals surface area contributed by atoms with Crippen LogP contribution in [-0.4, -0.2) is 26.3 Å². The maximum Gasteiger partial charge on any atom is 0.192 e. The van der Waals surface area contributed by atoms with E-state index < -0.39 is 9.84 Å². The van der Waals surface area contributed by atoms with Gasteiger partial charge in [-0.05, 0) is 26.0 Å². The van der Waals surface area contributed by atoms with E-state index in [1.165, 1.54) is 12.1 Å². The average molecular weight is 264 g/mol. The van der Waals surface area contributed by atoms with Crippen molar-refractivity contribution in [1.29, 1.82) is 0 Å². The Morgan fingerprint density at radius 2 is 2.12 bits per heavy atom. The maximum absolute atomic E-state index is 11.3. The lowest BCUT2D eigenvalue weighted by Crippen LogP contribution is -2.07. The van der Waals surface area contributed by atoms with Gasteiger partial charge in [0.15, 0.2) is 14.9 Å². The molecule has 0 spiro atoms. The molecule has 0 fully saturated rings. The molecule has 90 valence electrons. The van der Waals surface area contributed by atoms with Crippen molar-refractivity contribution in [3.8, 4) is 0 Å². The monoisotopic (exact) mass is 263 g/mol. The SMILES string of the molecule is CCOC(C)c1nc(S(C)(=O)=O)ccc1Cl. The van der Waals surface area contributed by atoms with Crippen LogP contribution in [0.5, 0.6) is 0 Å². The van der Waals surface area contributed by atoms with E-state index in [0.29, 0.717) is 17.3 Å². The van der Waals surface area contributed by atoms with E-state index in [0.717, 1.165) is 6.26 Å². The van der Waals surface area contributed by atoms with Crippen molar-refractivity contribution in [3.63, 3.8) is 0 Å². The summed E-state index contributed by atoms with van der Waals surface area (Å²) in [6.45, 7) is 4.15. The minimum Gasteiger partial charge on any atom is -0.372 e. The molecule has 4 nitrogen and oxygen atoms in total. The van der Waals surface area contributed by atoms with E-state index in [1.54, 1.807) is 6.92 Å². The zero-order valence-electron chi connectivity index (χ0n) is 9.40. The number of hydrogen-bond donors (Lipinski definition) is 0. The molecule has 1 heterocycles. The summed E-state index contributed by atoms with van der Waals surface area (Å²) in [5.74, 6) is 0. The van der Waals surface area contributed by atoms with Crippen molar-refractivity contribution in [2.24, 2.45) is 0 Å². The van der Waals surface area contributed by atoms with E-state index in [2.05, 4.69) is 4.98 Å². The molecule has 6 heteroatoms. The number of pyridine rings is 1. The molecule has 0 radical (unpaired) electrons. The van der Waals surface area contributed by atoms with Gasteiger partial charge in [0.2, 0.25) is 0 Å². The first kappa shape index (κ1) is 13.4. The lowest BCUT2D eigenvalue weighted by atomic mass is 10.2. The topological polar surface area (TPSA) is 56.3 Å². The third-order valence-corrected chi connectivity index (χ3v) is 3.34.